The number of thioether (sulfide) groups is 1. The van der Waals surface area contributed by atoms with Gasteiger partial charge in [0.25, 0.3) is 5.91 Å². The standard InChI is InChI=1S/C23H14BrI2NO2S2/c24-18-10-15(11-19(26)21(18)29-13-14-6-8-16(25)9-7-14)12-20-22(28)27(23(30)31-20)17-4-2-1-3-5-17/h1-12H,13H2/b20-12+. The summed E-state index contributed by atoms with van der Waals surface area (Å²) < 4.78 is 9.59. The van der Waals surface area contributed by atoms with E-state index in [0.717, 1.165) is 30.6 Å². The van der Waals surface area contributed by atoms with Crippen LogP contribution in [0.4, 0.5) is 5.69 Å². The molecule has 3 aromatic rings. The van der Waals surface area contributed by atoms with Crippen molar-refractivity contribution in [2.75, 3.05) is 4.90 Å². The molecular formula is C23H14BrI2NO2S2. The molecule has 0 N–H and O–H groups in total. The number of anilines is 1. The molecule has 0 atom stereocenters. The van der Waals surface area contributed by atoms with Crippen LogP contribution in [0.5, 0.6) is 5.75 Å². The third kappa shape index (κ3) is 5.52. The van der Waals surface area contributed by atoms with Gasteiger partial charge in [-0.15, -0.1) is 0 Å². The Balaban J connectivity index is 1.54. The highest BCUT2D eigenvalue weighted by atomic mass is 127. The van der Waals surface area contributed by atoms with Gasteiger partial charge in [0.05, 0.1) is 18.6 Å². The van der Waals surface area contributed by atoms with Gasteiger partial charge in [0.15, 0.2) is 4.32 Å². The monoisotopic (exact) mass is 733 g/mol. The van der Waals surface area contributed by atoms with E-state index in [1.54, 1.807) is 4.90 Å². The second kappa shape index (κ2) is 10.3. The van der Waals surface area contributed by atoms with Gasteiger partial charge in [-0.1, -0.05) is 54.3 Å². The molecule has 0 aliphatic carbocycles. The number of thiocarbonyl (C=S) groups is 1. The van der Waals surface area contributed by atoms with E-state index in [-0.39, 0.29) is 5.91 Å². The minimum absolute atomic E-state index is 0.105. The number of hydrogen-bond acceptors (Lipinski definition) is 4. The summed E-state index contributed by atoms with van der Waals surface area (Å²) >= 11 is 14.9. The van der Waals surface area contributed by atoms with Crippen LogP contribution in [0.15, 0.2) is 76.1 Å². The largest absolute Gasteiger partial charge is 0.487 e. The quantitative estimate of drug-likeness (QED) is 0.153. The van der Waals surface area contributed by atoms with E-state index in [0.29, 0.717) is 15.8 Å². The van der Waals surface area contributed by atoms with Gasteiger partial charge in [-0.2, -0.15) is 0 Å². The molecule has 1 fully saturated rings. The molecule has 1 heterocycles. The molecule has 1 amide bonds. The van der Waals surface area contributed by atoms with Crippen LogP contribution in [0.2, 0.25) is 0 Å². The van der Waals surface area contributed by atoms with Gasteiger partial charge in [-0.25, -0.2) is 0 Å². The predicted octanol–water partition coefficient (Wildman–Crippen LogP) is 7.64. The van der Waals surface area contributed by atoms with Crippen molar-refractivity contribution in [3.05, 3.63) is 94.4 Å². The molecule has 31 heavy (non-hydrogen) atoms. The topological polar surface area (TPSA) is 29.5 Å². The summed E-state index contributed by atoms with van der Waals surface area (Å²) in [7, 11) is 0. The first-order chi connectivity index (χ1) is 14.9. The molecule has 0 bridgehead atoms. The average molecular weight is 734 g/mol. The lowest BCUT2D eigenvalue weighted by molar-refractivity contribution is -0.113. The van der Waals surface area contributed by atoms with Gasteiger partial charge < -0.3 is 4.74 Å². The second-order valence-electron chi connectivity index (χ2n) is 6.58. The Morgan fingerprint density at radius 1 is 1.06 bits per heavy atom. The highest BCUT2D eigenvalue weighted by Crippen LogP contribution is 2.38. The van der Waals surface area contributed by atoms with Crippen molar-refractivity contribution in [3.63, 3.8) is 0 Å². The summed E-state index contributed by atoms with van der Waals surface area (Å²) in [6.45, 7) is 0.487. The van der Waals surface area contributed by atoms with Crippen molar-refractivity contribution in [2.45, 2.75) is 6.61 Å². The Hall–Kier alpha value is -0.950. The smallest absolute Gasteiger partial charge is 0.270 e. The maximum Gasteiger partial charge on any atom is 0.270 e. The van der Waals surface area contributed by atoms with E-state index in [1.807, 2.05) is 48.5 Å². The normalized spacial score (nSPS) is 15.1. The van der Waals surface area contributed by atoms with E-state index in [2.05, 4.69) is 85.4 Å². The lowest BCUT2D eigenvalue weighted by Gasteiger charge is -2.14. The van der Waals surface area contributed by atoms with Crippen LogP contribution in [-0.4, -0.2) is 10.2 Å². The number of benzene rings is 3. The molecule has 0 unspecified atom stereocenters. The molecule has 0 radical (unpaired) electrons. The number of nitrogens with zero attached hydrogens (tertiary/aromatic N) is 1. The molecule has 4 rings (SSSR count). The van der Waals surface area contributed by atoms with E-state index in [1.165, 1.54) is 15.3 Å². The Labute approximate surface area is 226 Å². The SMILES string of the molecule is O=C1/C(=C\c2cc(Br)c(OCc3ccc(I)cc3)c(I)c2)SC(=S)N1c1ccccc1. The number of carbonyl (C=O) groups excluding carboxylic acids is 1. The van der Waals surface area contributed by atoms with Crippen LogP contribution in [0, 0.1) is 7.14 Å². The van der Waals surface area contributed by atoms with E-state index in [9.17, 15) is 4.79 Å². The molecule has 1 aliphatic heterocycles. The van der Waals surface area contributed by atoms with Crippen molar-refractivity contribution in [1.29, 1.82) is 0 Å². The summed E-state index contributed by atoms with van der Waals surface area (Å²) in [6.07, 6.45) is 1.87. The first kappa shape index (κ1) is 23.2. The lowest BCUT2D eigenvalue weighted by atomic mass is 10.2. The maximum absolute atomic E-state index is 13.0. The molecule has 8 heteroatoms. The fourth-order valence-electron chi connectivity index (χ4n) is 2.96. The average Bonchev–Trinajstić information content (AvgIpc) is 3.02. The van der Waals surface area contributed by atoms with Gasteiger partial charge in [0.1, 0.15) is 12.4 Å². The molecule has 156 valence electrons. The number of carbonyl (C=O) groups is 1. The summed E-state index contributed by atoms with van der Waals surface area (Å²) in [6, 6.07) is 21.7. The Morgan fingerprint density at radius 3 is 2.45 bits per heavy atom. The van der Waals surface area contributed by atoms with Crippen molar-refractivity contribution in [3.8, 4) is 5.75 Å². The van der Waals surface area contributed by atoms with E-state index < -0.39 is 0 Å². The van der Waals surface area contributed by atoms with Crippen molar-refractivity contribution in [2.24, 2.45) is 0 Å². The highest BCUT2D eigenvalue weighted by molar-refractivity contribution is 14.1. The summed E-state index contributed by atoms with van der Waals surface area (Å²) in [5.41, 5.74) is 2.80. The minimum atomic E-state index is -0.105. The van der Waals surface area contributed by atoms with Crippen LogP contribution >= 0.6 is 85.1 Å². The molecule has 0 aromatic heterocycles. The third-order valence-corrected chi connectivity index (χ3v) is 7.83. The van der Waals surface area contributed by atoms with Gasteiger partial charge in [0.2, 0.25) is 0 Å². The number of para-hydroxylation sites is 1. The molecule has 3 nitrogen and oxygen atoms in total. The van der Waals surface area contributed by atoms with Gasteiger partial charge >= 0.3 is 0 Å². The Morgan fingerprint density at radius 2 is 1.77 bits per heavy atom. The summed E-state index contributed by atoms with van der Waals surface area (Å²) in [5, 5.41) is 0. The van der Waals surface area contributed by atoms with E-state index >= 15 is 0 Å². The van der Waals surface area contributed by atoms with Crippen LogP contribution < -0.4 is 9.64 Å². The number of hydrogen-bond donors (Lipinski definition) is 0. The molecule has 3 aromatic carbocycles. The highest BCUT2D eigenvalue weighted by Gasteiger charge is 2.33. The van der Waals surface area contributed by atoms with Gasteiger partial charge in [0, 0.05) is 3.57 Å². The van der Waals surface area contributed by atoms with E-state index in [4.69, 9.17) is 17.0 Å². The third-order valence-electron chi connectivity index (χ3n) is 4.42. The Bertz CT molecular complexity index is 1160. The molecular weight excluding hydrogens is 720 g/mol. The first-order valence-electron chi connectivity index (χ1n) is 9.11. The summed E-state index contributed by atoms with van der Waals surface area (Å²) in [4.78, 5) is 15.1. The number of ether oxygens (including phenoxy) is 1. The van der Waals surface area contributed by atoms with Crippen LogP contribution in [0.1, 0.15) is 11.1 Å². The van der Waals surface area contributed by atoms with Crippen molar-refractivity contribution < 1.29 is 9.53 Å². The fraction of sp³-hybridized carbons (Fsp3) is 0.0435. The molecule has 1 saturated heterocycles. The number of rotatable bonds is 5. The molecule has 0 saturated carbocycles. The number of amides is 1. The second-order valence-corrected chi connectivity index (χ2v) is 11.5. The number of halogens is 3. The van der Waals surface area contributed by atoms with Crippen molar-refractivity contribution in [1.82, 2.24) is 0 Å². The lowest BCUT2D eigenvalue weighted by Crippen LogP contribution is -2.27. The summed E-state index contributed by atoms with van der Waals surface area (Å²) in [5.74, 6) is 0.680. The minimum Gasteiger partial charge on any atom is -0.487 e. The Kier molecular flexibility index (Phi) is 7.73. The van der Waals surface area contributed by atoms with Crippen LogP contribution in [-0.2, 0) is 11.4 Å². The van der Waals surface area contributed by atoms with Crippen molar-refractivity contribution >= 4 is 107 Å². The maximum atomic E-state index is 13.0. The van der Waals surface area contributed by atoms with Gasteiger partial charge in [-0.05, 0) is 115 Å². The zero-order valence-corrected chi connectivity index (χ0v) is 23.4. The first-order valence-corrected chi connectivity index (χ1v) is 13.3. The van der Waals surface area contributed by atoms with Crippen LogP contribution in [0.3, 0.4) is 0 Å². The predicted molar refractivity (Wildman–Crippen MR) is 152 cm³/mol. The molecule has 1 aliphatic rings. The zero-order chi connectivity index (χ0) is 22.0. The fourth-order valence-corrected chi connectivity index (χ4v) is 6.38. The zero-order valence-electron chi connectivity index (χ0n) is 15.8. The molecule has 0 spiro atoms. The van der Waals surface area contributed by atoms with Gasteiger partial charge in [-0.3, -0.25) is 9.69 Å². The van der Waals surface area contributed by atoms with Crippen LogP contribution in [0.25, 0.3) is 6.08 Å².